The molecule has 3 heterocycles. The molecule has 0 N–H and O–H groups in total. The number of aromatic nitrogens is 5. The van der Waals surface area contributed by atoms with Crippen molar-refractivity contribution in [2.24, 2.45) is 5.92 Å². The molecule has 220 valence electrons. The van der Waals surface area contributed by atoms with Crippen molar-refractivity contribution in [3.8, 4) is 10.8 Å². The molecule has 1 aromatic carbocycles. The van der Waals surface area contributed by atoms with Crippen LogP contribution in [0.4, 0.5) is 4.39 Å². The van der Waals surface area contributed by atoms with Gasteiger partial charge in [0.2, 0.25) is 0 Å². The van der Waals surface area contributed by atoms with Gasteiger partial charge >= 0.3 is 5.69 Å². The number of thiophene rings is 1. The predicted molar refractivity (Wildman–Crippen MR) is 153 cm³/mol. The molecule has 0 saturated carbocycles. The number of halogens is 1. The van der Waals surface area contributed by atoms with Crippen LogP contribution >= 0.6 is 11.3 Å². The van der Waals surface area contributed by atoms with Crippen molar-refractivity contribution in [2.75, 3.05) is 27.4 Å². The Morgan fingerprint density at radius 3 is 2.44 bits per heavy atom. The van der Waals surface area contributed by atoms with Gasteiger partial charge in [0, 0.05) is 24.7 Å². The summed E-state index contributed by atoms with van der Waals surface area (Å²) in [5.74, 6) is -0.316. The molecule has 0 bridgehead atoms. The Morgan fingerprint density at radius 1 is 1.10 bits per heavy atom. The number of hydrogen-bond donors (Lipinski definition) is 0. The molecule has 4 rings (SSSR count). The third kappa shape index (κ3) is 6.16. The van der Waals surface area contributed by atoms with Crippen molar-refractivity contribution >= 4 is 27.3 Å². The Hall–Kier alpha value is -3.68. The highest BCUT2D eigenvalue weighted by atomic mass is 32.1. The maximum Gasteiger partial charge on any atom is 0.332 e. The average Bonchev–Trinajstić information content (AvgIpc) is 3.58. The van der Waals surface area contributed by atoms with Crippen LogP contribution in [0.5, 0.6) is 5.75 Å². The van der Waals surface area contributed by atoms with E-state index >= 15 is 0 Å². The van der Waals surface area contributed by atoms with Crippen LogP contribution in [0, 0.1) is 18.7 Å². The molecule has 0 fully saturated rings. The van der Waals surface area contributed by atoms with Crippen molar-refractivity contribution in [2.45, 2.75) is 52.8 Å². The number of carbonyl (C=O) groups excluding carboxylic acids is 1. The molecule has 1 unspecified atom stereocenters. The van der Waals surface area contributed by atoms with Gasteiger partial charge in [0.25, 0.3) is 5.56 Å². The standard InChI is InChI=1S/C28H34FN5O6S/c1-16(2)13-21(35)18(4)33-25(36)24-17(3)26(34-30-9-10-31-34)41-27(24)32(28(33)37)15-23(40-12-11-38-5)20-14-19(29)7-8-22(20)39-6/h7-10,14,16,18,23H,11-13,15H2,1-6H3/t18?,23-/m0/s1. The first-order chi connectivity index (χ1) is 19.6. The zero-order valence-corrected chi connectivity index (χ0v) is 24.7. The van der Waals surface area contributed by atoms with Gasteiger partial charge in [-0.2, -0.15) is 10.2 Å². The summed E-state index contributed by atoms with van der Waals surface area (Å²) in [5.41, 5.74) is -0.299. The molecule has 0 aliphatic rings. The number of benzene rings is 1. The second-order valence-corrected chi connectivity index (χ2v) is 11.1. The number of carbonyl (C=O) groups is 1. The molecule has 13 heteroatoms. The van der Waals surface area contributed by atoms with Crippen LogP contribution in [0.2, 0.25) is 0 Å². The van der Waals surface area contributed by atoms with Crippen LogP contribution in [0.15, 0.2) is 40.2 Å². The molecular formula is C28H34FN5O6S. The molecule has 0 amide bonds. The largest absolute Gasteiger partial charge is 0.496 e. The van der Waals surface area contributed by atoms with Crippen molar-refractivity contribution in [3.63, 3.8) is 0 Å². The van der Waals surface area contributed by atoms with Gasteiger partial charge in [-0.05, 0) is 38.0 Å². The monoisotopic (exact) mass is 587 g/mol. The molecule has 0 aliphatic heterocycles. The lowest BCUT2D eigenvalue weighted by Crippen LogP contribution is -2.44. The fourth-order valence-electron chi connectivity index (χ4n) is 4.72. The Balaban J connectivity index is 1.98. The Bertz CT molecular complexity index is 1640. The summed E-state index contributed by atoms with van der Waals surface area (Å²) in [6.45, 7) is 7.41. The number of nitrogens with zero attached hydrogens (tertiary/aromatic N) is 5. The van der Waals surface area contributed by atoms with E-state index < -0.39 is 29.2 Å². The number of methoxy groups -OCH3 is 2. The topological polar surface area (TPSA) is 119 Å². The summed E-state index contributed by atoms with van der Waals surface area (Å²) in [6.07, 6.45) is 2.37. The highest BCUT2D eigenvalue weighted by molar-refractivity contribution is 7.21. The van der Waals surface area contributed by atoms with Crippen LogP contribution in [-0.2, 0) is 20.8 Å². The summed E-state index contributed by atoms with van der Waals surface area (Å²) in [6, 6.07) is 3.05. The third-order valence-corrected chi connectivity index (χ3v) is 8.06. The van der Waals surface area contributed by atoms with Crippen LogP contribution in [0.3, 0.4) is 0 Å². The number of rotatable bonds is 13. The summed E-state index contributed by atoms with van der Waals surface area (Å²) in [5, 5.41) is 9.23. The Kier molecular flexibility index (Phi) is 9.51. The van der Waals surface area contributed by atoms with Crippen molar-refractivity contribution in [1.29, 1.82) is 0 Å². The molecule has 41 heavy (non-hydrogen) atoms. The Morgan fingerprint density at radius 2 is 1.80 bits per heavy atom. The SMILES string of the molecule is COCCO[C@@H](Cn1c(=O)n(C(C)C(=O)CC(C)C)c(=O)c2c(C)c(-n3nccn3)sc21)c1cc(F)ccc1OC. The first-order valence-electron chi connectivity index (χ1n) is 13.2. The number of fused-ring (bicyclic) bond motifs is 1. The first kappa shape index (κ1) is 30.3. The van der Waals surface area contributed by atoms with E-state index in [-0.39, 0.29) is 43.3 Å². The maximum absolute atomic E-state index is 14.4. The molecule has 11 nitrogen and oxygen atoms in total. The van der Waals surface area contributed by atoms with E-state index in [9.17, 15) is 18.8 Å². The van der Waals surface area contributed by atoms with Gasteiger partial charge in [-0.15, -0.1) is 4.80 Å². The van der Waals surface area contributed by atoms with Gasteiger partial charge in [0.05, 0.1) is 50.7 Å². The number of ketones is 1. The minimum Gasteiger partial charge on any atom is -0.496 e. The summed E-state index contributed by atoms with van der Waals surface area (Å²) in [4.78, 5) is 42.8. The number of hydrogen-bond acceptors (Lipinski definition) is 9. The van der Waals surface area contributed by atoms with Crippen molar-refractivity contribution in [1.82, 2.24) is 24.1 Å². The molecule has 0 radical (unpaired) electrons. The average molecular weight is 588 g/mol. The van der Waals surface area contributed by atoms with E-state index in [2.05, 4.69) is 10.2 Å². The molecule has 0 saturated heterocycles. The van der Waals surface area contributed by atoms with E-state index in [1.807, 2.05) is 13.8 Å². The van der Waals surface area contributed by atoms with Crippen LogP contribution in [0.25, 0.3) is 15.2 Å². The quantitative estimate of drug-likeness (QED) is 0.217. The highest BCUT2D eigenvalue weighted by Gasteiger charge is 2.29. The lowest BCUT2D eigenvalue weighted by Gasteiger charge is -2.23. The number of Topliss-reactive ketones (excluding diaryl/α,β-unsaturated/α-hetero) is 1. The molecule has 3 aromatic heterocycles. The molecule has 0 spiro atoms. The lowest BCUT2D eigenvalue weighted by atomic mass is 10.0. The van der Waals surface area contributed by atoms with E-state index in [4.69, 9.17) is 14.2 Å². The van der Waals surface area contributed by atoms with E-state index in [0.717, 1.165) is 4.57 Å². The van der Waals surface area contributed by atoms with Crippen LogP contribution in [-0.4, -0.2) is 57.3 Å². The second-order valence-electron chi connectivity index (χ2n) is 10.1. The normalized spacial score (nSPS) is 13.2. The van der Waals surface area contributed by atoms with E-state index in [1.54, 1.807) is 13.8 Å². The van der Waals surface area contributed by atoms with Gasteiger partial charge in [-0.25, -0.2) is 13.8 Å². The first-order valence-corrected chi connectivity index (χ1v) is 14.0. The summed E-state index contributed by atoms with van der Waals surface area (Å²) < 4.78 is 33.6. The second kappa shape index (κ2) is 12.9. The summed E-state index contributed by atoms with van der Waals surface area (Å²) >= 11 is 1.17. The summed E-state index contributed by atoms with van der Waals surface area (Å²) in [7, 11) is 2.99. The fraction of sp³-hybridized carbons (Fsp3) is 0.464. The minimum absolute atomic E-state index is 0.0472. The minimum atomic E-state index is -1.00. The highest BCUT2D eigenvalue weighted by Crippen LogP contribution is 2.34. The molecule has 0 aliphatic carbocycles. The van der Waals surface area contributed by atoms with Gasteiger partial charge in [0.1, 0.15) is 27.5 Å². The Labute approximate surface area is 240 Å². The van der Waals surface area contributed by atoms with Crippen LogP contribution < -0.4 is 16.0 Å². The number of ether oxygens (including phenoxy) is 3. The van der Waals surface area contributed by atoms with E-state index in [1.165, 1.54) is 65.5 Å². The molecular weight excluding hydrogens is 553 g/mol. The van der Waals surface area contributed by atoms with Gasteiger partial charge in [-0.3, -0.25) is 14.2 Å². The van der Waals surface area contributed by atoms with Crippen LogP contribution in [0.1, 0.15) is 50.5 Å². The molecule has 2 atom stereocenters. The zero-order valence-electron chi connectivity index (χ0n) is 23.9. The smallest absolute Gasteiger partial charge is 0.332 e. The van der Waals surface area contributed by atoms with Gasteiger partial charge in [0.15, 0.2) is 5.78 Å². The van der Waals surface area contributed by atoms with Crippen molar-refractivity contribution < 1.29 is 23.4 Å². The van der Waals surface area contributed by atoms with E-state index in [0.29, 0.717) is 26.7 Å². The number of aryl methyl sites for hydroxylation is 1. The predicted octanol–water partition coefficient (Wildman–Crippen LogP) is 3.84. The fourth-order valence-corrected chi connectivity index (χ4v) is 5.94. The van der Waals surface area contributed by atoms with Gasteiger partial charge in [-0.1, -0.05) is 25.2 Å². The van der Waals surface area contributed by atoms with Gasteiger partial charge < -0.3 is 14.2 Å². The van der Waals surface area contributed by atoms with Crippen molar-refractivity contribution in [3.05, 3.63) is 68.4 Å². The maximum atomic E-state index is 14.4. The molecule has 4 aromatic rings. The zero-order chi connectivity index (χ0) is 29.8. The lowest BCUT2D eigenvalue weighted by molar-refractivity contribution is -0.122. The third-order valence-electron chi connectivity index (χ3n) is 6.77.